The van der Waals surface area contributed by atoms with Crippen LogP contribution in [0.4, 0.5) is 0 Å². The number of nitriles is 1. The summed E-state index contributed by atoms with van der Waals surface area (Å²) in [6, 6.07) is 22.5. The Morgan fingerprint density at radius 1 is 1.07 bits per heavy atom. The largest absolute Gasteiger partial charge is 0.478 e. The van der Waals surface area contributed by atoms with Gasteiger partial charge >= 0.3 is 5.97 Å². The zero-order chi connectivity index (χ0) is 19.7. The third kappa shape index (κ3) is 3.13. The summed E-state index contributed by atoms with van der Waals surface area (Å²) in [7, 11) is 0. The maximum absolute atomic E-state index is 11.6. The number of imidazole rings is 1. The van der Waals surface area contributed by atoms with Crippen molar-refractivity contribution in [2.45, 2.75) is 11.7 Å². The number of aromatic nitrogens is 2. The summed E-state index contributed by atoms with van der Waals surface area (Å²) >= 11 is 4.43. The molecule has 0 atom stereocenters. The molecule has 0 amide bonds. The molecular weight excluding hydrogens is 370 g/mol. The summed E-state index contributed by atoms with van der Waals surface area (Å²) in [6.07, 6.45) is 0. The summed E-state index contributed by atoms with van der Waals surface area (Å²) in [4.78, 5) is 16.0. The lowest BCUT2D eigenvalue weighted by atomic mass is 9.99. The van der Waals surface area contributed by atoms with Crippen molar-refractivity contribution in [1.29, 1.82) is 5.26 Å². The van der Waals surface area contributed by atoms with Crippen LogP contribution >= 0.6 is 12.6 Å². The lowest BCUT2D eigenvalue weighted by Crippen LogP contribution is -2.05. The van der Waals surface area contributed by atoms with E-state index in [0.29, 0.717) is 28.3 Å². The van der Waals surface area contributed by atoms with Gasteiger partial charge in [0.1, 0.15) is 0 Å². The Balaban J connectivity index is 1.72. The quantitative estimate of drug-likeness (QED) is 0.503. The standard InChI is InChI=1S/C22H15N3O2S/c23-12-16-4-1-2-5-17(16)15-10-8-14(9-11-15)13-25-20-18(21(26)27)6-3-7-19(20)24-22(25)28/h1-11H,13H2,(H,24,28)(H,26,27). The van der Waals surface area contributed by atoms with Crippen molar-refractivity contribution in [2.24, 2.45) is 0 Å². The molecule has 0 aliphatic carbocycles. The number of thiol groups is 1. The van der Waals surface area contributed by atoms with Crippen LogP contribution in [0, 0.1) is 11.3 Å². The minimum atomic E-state index is -0.997. The highest BCUT2D eigenvalue weighted by atomic mass is 32.1. The molecule has 4 rings (SSSR count). The van der Waals surface area contributed by atoms with Crippen molar-refractivity contribution in [1.82, 2.24) is 9.55 Å². The van der Waals surface area contributed by atoms with Gasteiger partial charge in [-0.3, -0.25) is 0 Å². The first-order chi connectivity index (χ1) is 13.6. The number of fused-ring (bicyclic) bond motifs is 1. The second-order valence-corrected chi connectivity index (χ2v) is 6.73. The van der Waals surface area contributed by atoms with E-state index in [0.717, 1.165) is 16.7 Å². The predicted octanol–water partition coefficient (Wildman–Crippen LogP) is 4.61. The Morgan fingerprint density at radius 2 is 1.82 bits per heavy atom. The van der Waals surface area contributed by atoms with E-state index in [1.54, 1.807) is 28.8 Å². The normalized spacial score (nSPS) is 10.7. The van der Waals surface area contributed by atoms with Crippen LogP contribution in [0.2, 0.25) is 0 Å². The van der Waals surface area contributed by atoms with Gasteiger partial charge < -0.3 is 9.67 Å². The zero-order valence-corrected chi connectivity index (χ0v) is 15.6. The number of carbonyl (C=O) groups is 1. The van der Waals surface area contributed by atoms with Crippen molar-refractivity contribution in [3.05, 3.63) is 83.4 Å². The summed E-state index contributed by atoms with van der Waals surface area (Å²) < 4.78 is 1.79. The molecule has 0 unspecified atom stereocenters. The minimum Gasteiger partial charge on any atom is -0.478 e. The predicted molar refractivity (Wildman–Crippen MR) is 110 cm³/mol. The SMILES string of the molecule is N#Cc1ccccc1-c1ccc(Cn2c(S)nc3cccc(C(=O)O)c32)cc1. The van der Waals surface area contributed by atoms with Crippen LogP contribution in [0.25, 0.3) is 22.2 Å². The number of carboxylic acids is 1. The molecule has 5 nitrogen and oxygen atoms in total. The van der Waals surface area contributed by atoms with Crippen LogP contribution in [0.3, 0.4) is 0 Å². The van der Waals surface area contributed by atoms with E-state index in [1.807, 2.05) is 42.5 Å². The maximum Gasteiger partial charge on any atom is 0.337 e. The average molecular weight is 385 g/mol. The van der Waals surface area contributed by atoms with Gasteiger partial charge in [-0.2, -0.15) is 5.26 Å². The molecule has 1 N–H and O–H groups in total. The molecule has 0 radical (unpaired) electrons. The number of nitrogens with zero attached hydrogens (tertiary/aromatic N) is 3. The smallest absolute Gasteiger partial charge is 0.337 e. The number of benzene rings is 3. The Morgan fingerprint density at radius 3 is 2.54 bits per heavy atom. The van der Waals surface area contributed by atoms with E-state index in [2.05, 4.69) is 23.7 Å². The lowest BCUT2D eigenvalue weighted by molar-refractivity contribution is 0.0698. The Kier molecular flexibility index (Phi) is 4.60. The molecule has 0 fully saturated rings. The van der Waals surface area contributed by atoms with Crippen molar-refractivity contribution >= 4 is 29.6 Å². The van der Waals surface area contributed by atoms with Crippen molar-refractivity contribution in [3.63, 3.8) is 0 Å². The molecule has 28 heavy (non-hydrogen) atoms. The molecule has 6 heteroatoms. The molecular formula is C22H15N3O2S. The number of para-hydroxylation sites is 1. The van der Waals surface area contributed by atoms with Crippen molar-refractivity contribution in [3.8, 4) is 17.2 Å². The van der Waals surface area contributed by atoms with Crippen molar-refractivity contribution < 1.29 is 9.90 Å². The van der Waals surface area contributed by atoms with Crippen molar-refractivity contribution in [2.75, 3.05) is 0 Å². The molecule has 0 saturated carbocycles. The Labute approximate surface area is 166 Å². The van der Waals surface area contributed by atoms with Gasteiger partial charge in [0, 0.05) is 0 Å². The number of rotatable bonds is 4. The van der Waals surface area contributed by atoms with E-state index >= 15 is 0 Å². The molecule has 1 heterocycles. The zero-order valence-electron chi connectivity index (χ0n) is 14.7. The van der Waals surface area contributed by atoms with E-state index in [9.17, 15) is 15.2 Å². The van der Waals surface area contributed by atoms with Crippen LogP contribution < -0.4 is 0 Å². The highest BCUT2D eigenvalue weighted by Crippen LogP contribution is 2.26. The molecule has 0 bridgehead atoms. The highest BCUT2D eigenvalue weighted by Gasteiger charge is 2.16. The van der Waals surface area contributed by atoms with Crippen LogP contribution in [-0.2, 0) is 6.54 Å². The number of hydrogen-bond donors (Lipinski definition) is 2. The van der Waals surface area contributed by atoms with Gasteiger partial charge in [0.2, 0.25) is 0 Å². The fourth-order valence-corrected chi connectivity index (χ4v) is 3.58. The van der Waals surface area contributed by atoms with Gasteiger partial charge in [-0.15, -0.1) is 12.6 Å². The van der Waals surface area contributed by atoms with Gasteiger partial charge in [0.25, 0.3) is 0 Å². The summed E-state index contributed by atoms with van der Waals surface area (Å²) in [5, 5.41) is 19.3. The molecule has 3 aromatic carbocycles. The summed E-state index contributed by atoms with van der Waals surface area (Å²) in [6.45, 7) is 0.444. The maximum atomic E-state index is 11.6. The van der Waals surface area contributed by atoms with Crippen LogP contribution in [-0.4, -0.2) is 20.6 Å². The lowest BCUT2D eigenvalue weighted by Gasteiger charge is -2.10. The molecule has 4 aromatic rings. The van der Waals surface area contributed by atoms with Crippen LogP contribution in [0.1, 0.15) is 21.5 Å². The molecule has 0 saturated heterocycles. The Hall–Kier alpha value is -3.56. The monoisotopic (exact) mass is 385 g/mol. The van der Waals surface area contributed by atoms with Gasteiger partial charge in [0.05, 0.1) is 34.8 Å². The van der Waals surface area contributed by atoms with Gasteiger partial charge in [-0.05, 0) is 34.9 Å². The van der Waals surface area contributed by atoms with E-state index in [-0.39, 0.29) is 5.56 Å². The Bertz CT molecular complexity index is 1240. The minimum absolute atomic E-state index is 0.199. The van der Waals surface area contributed by atoms with E-state index < -0.39 is 5.97 Å². The first-order valence-corrected chi connectivity index (χ1v) is 9.03. The first-order valence-electron chi connectivity index (χ1n) is 8.58. The number of aromatic carboxylic acids is 1. The molecule has 136 valence electrons. The first kappa shape index (κ1) is 17.8. The van der Waals surface area contributed by atoms with Crippen LogP contribution in [0.15, 0.2) is 71.9 Å². The third-order valence-corrected chi connectivity index (χ3v) is 4.97. The molecule has 0 aliphatic heterocycles. The van der Waals surface area contributed by atoms with Gasteiger partial charge in [-0.25, -0.2) is 9.78 Å². The molecule has 1 aromatic heterocycles. The van der Waals surface area contributed by atoms with E-state index in [1.165, 1.54) is 0 Å². The van der Waals surface area contributed by atoms with E-state index in [4.69, 9.17) is 0 Å². The summed E-state index contributed by atoms with van der Waals surface area (Å²) in [5.41, 5.74) is 4.79. The number of hydrogen-bond acceptors (Lipinski definition) is 4. The topological polar surface area (TPSA) is 78.9 Å². The fourth-order valence-electron chi connectivity index (χ4n) is 3.30. The fraction of sp³-hybridized carbons (Fsp3) is 0.0455. The van der Waals surface area contributed by atoms with Gasteiger partial charge in [-0.1, -0.05) is 48.5 Å². The molecule has 0 aliphatic rings. The number of carboxylic acid groups (broad SMARTS) is 1. The second kappa shape index (κ2) is 7.22. The highest BCUT2D eigenvalue weighted by molar-refractivity contribution is 7.80. The third-order valence-electron chi connectivity index (χ3n) is 4.63. The second-order valence-electron chi connectivity index (χ2n) is 6.33. The molecule has 0 spiro atoms. The average Bonchev–Trinajstić information content (AvgIpc) is 3.03. The van der Waals surface area contributed by atoms with Gasteiger partial charge in [0.15, 0.2) is 5.16 Å². The van der Waals surface area contributed by atoms with Crippen LogP contribution in [0.5, 0.6) is 0 Å². The summed E-state index contributed by atoms with van der Waals surface area (Å²) in [5.74, 6) is -0.997.